The monoisotopic (exact) mass is 266 g/mol. The summed E-state index contributed by atoms with van der Waals surface area (Å²) in [5.41, 5.74) is 0.771. The van der Waals surface area contributed by atoms with E-state index in [-0.39, 0.29) is 12.5 Å². The Morgan fingerprint density at radius 2 is 1.95 bits per heavy atom. The molecule has 19 heavy (non-hydrogen) atoms. The van der Waals surface area contributed by atoms with Crippen molar-refractivity contribution in [1.82, 2.24) is 0 Å². The van der Waals surface area contributed by atoms with Crippen LogP contribution in [0, 0.1) is 0 Å². The summed E-state index contributed by atoms with van der Waals surface area (Å²) in [5.74, 6) is -0.0899. The van der Waals surface area contributed by atoms with Gasteiger partial charge in [-0.15, -0.1) is 0 Å². The van der Waals surface area contributed by atoms with E-state index in [1.807, 2.05) is 0 Å². The highest BCUT2D eigenvalue weighted by molar-refractivity contribution is 5.70. The zero-order chi connectivity index (χ0) is 14.1. The molecule has 0 radical (unpaired) electrons. The molecular formula is C15H22O4. The number of hydrogen-bond acceptors (Lipinski definition) is 3. The molecular weight excluding hydrogens is 244 g/mol. The highest BCUT2D eigenvalue weighted by Crippen LogP contribution is 2.12. The molecule has 106 valence electrons. The van der Waals surface area contributed by atoms with Crippen LogP contribution in [0.15, 0.2) is 24.3 Å². The summed E-state index contributed by atoms with van der Waals surface area (Å²) >= 11 is 0. The molecule has 0 heterocycles. The van der Waals surface area contributed by atoms with Gasteiger partial charge in [-0.1, -0.05) is 25.5 Å². The van der Waals surface area contributed by atoms with Gasteiger partial charge in [0.05, 0.1) is 19.1 Å². The van der Waals surface area contributed by atoms with Gasteiger partial charge in [-0.05, 0) is 31.0 Å². The fraction of sp³-hybridized carbons (Fsp3) is 0.533. The number of rotatable bonds is 9. The second-order valence-electron chi connectivity index (χ2n) is 4.53. The molecule has 4 heteroatoms. The molecule has 0 bridgehead atoms. The lowest BCUT2D eigenvalue weighted by molar-refractivity contribution is -0.136. The summed E-state index contributed by atoms with van der Waals surface area (Å²) in [6, 6.07) is 7.11. The maximum Gasteiger partial charge on any atom is 0.307 e. The molecule has 1 atom stereocenters. The Morgan fingerprint density at radius 3 is 2.53 bits per heavy atom. The number of carboxylic acid groups (broad SMARTS) is 1. The molecule has 1 rings (SSSR count). The van der Waals surface area contributed by atoms with Gasteiger partial charge in [-0.2, -0.15) is 0 Å². The fourth-order valence-corrected chi connectivity index (χ4v) is 1.78. The van der Waals surface area contributed by atoms with Crippen LogP contribution in [0.25, 0.3) is 0 Å². The van der Waals surface area contributed by atoms with E-state index in [1.54, 1.807) is 24.3 Å². The van der Waals surface area contributed by atoms with Crippen molar-refractivity contribution in [2.45, 2.75) is 39.2 Å². The zero-order valence-electron chi connectivity index (χ0n) is 11.6. The molecule has 0 aliphatic rings. The summed E-state index contributed by atoms with van der Waals surface area (Å²) in [6.07, 6.45) is 2.49. The lowest BCUT2D eigenvalue weighted by atomic mass is 10.1. The molecule has 1 aromatic carbocycles. The van der Waals surface area contributed by atoms with Crippen LogP contribution >= 0.6 is 0 Å². The van der Waals surface area contributed by atoms with Gasteiger partial charge in [0, 0.05) is 0 Å². The fourth-order valence-electron chi connectivity index (χ4n) is 1.78. The van der Waals surface area contributed by atoms with E-state index in [9.17, 15) is 4.79 Å². The first-order valence-electron chi connectivity index (χ1n) is 6.67. The van der Waals surface area contributed by atoms with Crippen LogP contribution in [0.5, 0.6) is 5.75 Å². The number of benzene rings is 1. The van der Waals surface area contributed by atoms with Gasteiger partial charge in [0.15, 0.2) is 0 Å². The predicted octanol–water partition coefficient (Wildman–Crippen LogP) is 2.90. The molecule has 0 aliphatic heterocycles. The highest BCUT2D eigenvalue weighted by atomic mass is 16.5. The van der Waals surface area contributed by atoms with Gasteiger partial charge < -0.3 is 14.6 Å². The minimum absolute atomic E-state index is 0.0396. The standard InChI is InChI=1S/C15H22O4/c1-3-4-12(2)18-9-10-19-14-7-5-13(6-8-14)11-15(16)17/h5-8,12H,3-4,9-11H2,1-2H3,(H,16,17). The maximum absolute atomic E-state index is 10.5. The molecule has 0 saturated carbocycles. The summed E-state index contributed by atoms with van der Waals surface area (Å²) in [4.78, 5) is 10.5. The summed E-state index contributed by atoms with van der Waals surface area (Å²) in [6.45, 7) is 5.27. The van der Waals surface area contributed by atoms with Crippen molar-refractivity contribution >= 4 is 5.97 Å². The van der Waals surface area contributed by atoms with E-state index in [4.69, 9.17) is 14.6 Å². The number of carbonyl (C=O) groups is 1. The molecule has 1 aromatic rings. The Kier molecular flexibility index (Phi) is 6.97. The van der Waals surface area contributed by atoms with E-state index >= 15 is 0 Å². The van der Waals surface area contributed by atoms with Crippen LogP contribution in [-0.2, 0) is 16.0 Å². The number of hydrogen-bond donors (Lipinski definition) is 1. The summed E-state index contributed by atoms with van der Waals surface area (Å²) < 4.78 is 11.1. The van der Waals surface area contributed by atoms with Crippen molar-refractivity contribution in [3.8, 4) is 5.75 Å². The SMILES string of the molecule is CCCC(C)OCCOc1ccc(CC(=O)O)cc1. The molecule has 0 aliphatic carbocycles. The van der Waals surface area contributed by atoms with Gasteiger partial charge in [-0.3, -0.25) is 4.79 Å². The third-order valence-electron chi connectivity index (χ3n) is 2.73. The molecule has 0 amide bonds. The van der Waals surface area contributed by atoms with E-state index in [2.05, 4.69) is 13.8 Å². The smallest absolute Gasteiger partial charge is 0.307 e. The number of carboxylic acids is 1. The Labute approximate surface area is 114 Å². The van der Waals surface area contributed by atoms with Gasteiger partial charge in [0.25, 0.3) is 0 Å². The van der Waals surface area contributed by atoms with Crippen molar-refractivity contribution in [1.29, 1.82) is 0 Å². The van der Waals surface area contributed by atoms with E-state index in [1.165, 1.54) is 0 Å². The molecule has 0 spiro atoms. The lowest BCUT2D eigenvalue weighted by Gasteiger charge is -2.12. The average molecular weight is 266 g/mol. The van der Waals surface area contributed by atoms with Gasteiger partial charge in [0.2, 0.25) is 0 Å². The van der Waals surface area contributed by atoms with Gasteiger partial charge >= 0.3 is 5.97 Å². The summed E-state index contributed by atoms with van der Waals surface area (Å²) in [7, 11) is 0. The van der Waals surface area contributed by atoms with E-state index < -0.39 is 5.97 Å². The van der Waals surface area contributed by atoms with Crippen LogP contribution in [0.1, 0.15) is 32.3 Å². The minimum atomic E-state index is -0.827. The Morgan fingerprint density at radius 1 is 1.26 bits per heavy atom. The molecule has 4 nitrogen and oxygen atoms in total. The second kappa shape index (κ2) is 8.53. The quantitative estimate of drug-likeness (QED) is 0.698. The molecule has 0 fully saturated rings. The second-order valence-corrected chi connectivity index (χ2v) is 4.53. The topological polar surface area (TPSA) is 55.8 Å². The molecule has 1 unspecified atom stereocenters. The molecule has 1 N–H and O–H groups in total. The maximum atomic E-state index is 10.5. The van der Waals surface area contributed by atoms with Crippen LogP contribution in [-0.4, -0.2) is 30.4 Å². The van der Waals surface area contributed by atoms with Gasteiger partial charge in [0.1, 0.15) is 12.4 Å². The van der Waals surface area contributed by atoms with Crippen molar-refractivity contribution in [3.63, 3.8) is 0 Å². The van der Waals surface area contributed by atoms with Crippen LogP contribution in [0.3, 0.4) is 0 Å². The Balaban J connectivity index is 2.24. The van der Waals surface area contributed by atoms with Crippen LogP contribution < -0.4 is 4.74 Å². The highest BCUT2D eigenvalue weighted by Gasteiger charge is 2.02. The third-order valence-corrected chi connectivity index (χ3v) is 2.73. The van der Waals surface area contributed by atoms with Gasteiger partial charge in [-0.25, -0.2) is 0 Å². The van der Waals surface area contributed by atoms with Crippen molar-refractivity contribution in [3.05, 3.63) is 29.8 Å². The summed E-state index contributed by atoms with van der Waals surface area (Å²) in [5, 5.41) is 8.66. The average Bonchev–Trinajstić information content (AvgIpc) is 2.36. The van der Waals surface area contributed by atoms with E-state index in [0.717, 1.165) is 24.2 Å². The Hall–Kier alpha value is -1.55. The first-order valence-corrected chi connectivity index (χ1v) is 6.67. The molecule has 0 aromatic heterocycles. The first-order chi connectivity index (χ1) is 9.11. The lowest BCUT2D eigenvalue weighted by Crippen LogP contribution is -2.14. The van der Waals surface area contributed by atoms with Crippen LogP contribution in [0.2, 0.25) is 0 Å². The molecule has 0 saturated heterocycles. The van der Waals surface area contributed by atoms with Crippen molar-refractivity contribution in [2.24, 2.45) is 0 Å². The third kappa shape index (κ3) is 6.82. The minimum Gasteiger partial charge on any atom is -0.491 e. The van der Waals surface area contributed by atoms with Crippen LogP contribution in [0.4, 0.5) is 0 Å². The Bertz CT molecular complexity index is 372. The number of ether oxygens (including phenoxy) is 2. The van der Waals surface area contributed by atoms with Crippen molar-refractivity contribution < 1.29 is 19.4 Å². The zero-order valence-corrected chi connectivity index (χ0v) is 11.6. The largest absolute Gasteiger partial charge is 0.491 e. The first kappa shape index (κ1) is 15.5. The van der Waals surface area contributed by atoms with Crippen molar-refractivity contribution in [2.75, 3.05) is 13.2 Å². The van der Waals surface area contributed by atoms with E-state index in [0.29, 0.717) is 13.2 Å². The predicted molar refractivity (Wildman–Crippen MR) is 73.6 cm³/mol. The number of aliphatic carboxylic acids is 1. The normalized spacial score (nSPS) is 12.1.